The van der Waals surface area contributed by atoms with Crippen molar-refractivity contribution in [2.45, 2.75) is 26.5 Å². The molecule has 0 aliphatic carbocycles. The minimum absolute atomic E-state index is 0.0203. The van der Waals surface area contributed by atoms with E-state index in [2.05, 4.69) is 0 Å². The molecule has 1 atom stereocenters. The van der Waals surface area contributed by atoms with E-state index < -0.39 is 0 Å². The topological polar surface area (TPSA) is 35.2 Å². The first-order chi connectivity index (χ1) is 9.47. The molecular formula is C16H17ClFNO. The third kappa shape index (κ3) is 3.50. The summed E-state index contributed by atoms with van der Waals surface area (Å²) in [5.74, 6) is 0.396. The molecule has 0 amide bonds. The summed E-state index contributed by atoms with van der Waals surface area (Å²) in [6.45, 7) is 4.01. The maximum atomic E-state index is 13.6. The lowest BCUT2D eigenvalue weighted by Crippen LogP contribution is -2.06. The Kier molecular flexibility index (Phi) is 4.63. The molecule has 2 aromatic carbocycles. The average molecular weight is 294 g/mol. The van der Waals surface area contributed by atoms with Crippen LogP contribution in [0.1, 0.15) is 29.7 Å². The van der Waals surface area contributed by atoms with Crippen molar-refractivity contribution < 1.29 is 9.13 Å². The monoisotopic (exact) mass is 293 g/mol. The fourth-order valence-electron chi connectivity index (χ4n) is 1.93. The van der Waals surface area contributed by atoms with Crippen LogP contribution >= 0.6 is 11.6 Å². The molecule has 0 saturated carbocycles. The second kappa shape index (κ2) is 6.25. The summed E-state index contributed by atoms with van der Waals surface area (Å²) in [6, 6.07) is 10.2. The maximum Gasteiger partial charge on any atom is 0.129 e. The summed E-state index contributed by atoms with van der Waals surface area (Å²) < 4.78 is 19.2. The van der Waals surface area contributed by atoms with Crippen molar-refractivity contribution in [1.29, 1.82) is 0 Å². The largest absolute Gasteiger partial charge is 0.489 e. The first-order valence-electron chi connectivity index (χ1n) is 6.40. The minimum atomic E-state index is -0.320. The second-order valence-corrected chi connectivity index (χ2v) is 5.27. The zero-order chi connectivity index (χ0) is 14.7. The first-order valence-corrected chi connectivity index (χ1v) is 6.78. The van der Waals surface area contributed by atoms with Crippen LogP contribution in [0.25, 0.3) is 0 Å². The Balaban J connectivity index is 2.13. The first kappa shape index (κ1) is 14.8. The Morgan fingerprint density at radius 3 is 2.65 bits per heavy atom. The highest BCUT2D eigenvalue weighted by atomic mass is 35.5. The van der Waals surface area contributed by atoms with Gasteiger partial charge in [-0.3, -0.25) is 0 Å². The summed E-state index contributed by atoms with van der Waals surface area (Å²) in [5, 5.41) is 0.494. The number of rotatable bonds is 4. The van der Waals surface area contributed by atoms with Gasteiger partial charge in [-0.25, -0.2) is 4.39 Å². The van der Waals surface area contributed by atoms with Crippen LogP contribution in [0.2, 0.25) is 5.02 Å². The predicted molar refractivity (Wildman–Crippen MR) is 79.5 cm³/mol. The number of aryl methyl sites for hydroxylation is 1. The molecule has 0 aliphatic rings. The Labute approximate surface area is 123 Å². The van der Waals surface area contributed by atoms with Crippen LogP contribution in [0, 0.1) is 12.7 Å². The smallest absolute Gasteiger partial charge is 0.129 e. The van der Waals surface area contributed by atoms with Gasteiger partial charge < -0.3 is 10.5 Å². The quantitative estimate of drug-likeness (QED) is 0.907. The van der Waals surface area contributed by atoms with Crippen LogP contribution in [-0.4, -0.2) is 0 Å². The van der Waals surface area contributed by atoms with Gasteiger partial charge in [0.25, 0.3) is 0 Å². The van der Waals surface area contributed by atoms with Crippen molar-refractivity contribution >= 4 is 11.6 Å². The van der Waals surface area contributed by atoms with E-state index in [1.165, 1.54) is 12.1 Å². The van der Waals surface area contributed by atoms with Crippen LogP contribution in [0.15, 0.2) is 36.4 Å². The third-order valence-corrected chi connectivity index (χ3v) is 3.35. The van der Waals surface area contributed by atoms with Crippen molar-refractivity contribution in [3.8, 4) is 5.75 Å². The van der Waals surface area contributed by atoms with Gasteiger partial charge in [-0.05, 0) is 49.2 Å². The molecule has 2 rings (SSSR count). The van der Waals surface area contributed by atoms with Crippen LogP contribution in [0.5, 0.6) is 5.75 Å². The predicted octanol–water partition coefficient (Wildman–Crippen LogP) is 4.39. The van der Waals surface area contributed by atoms with E-state index in [1.54, 1.807) is 6.07 Å². The zero-order valence-corrected chi connectivity index (χ0v) is 12.2. The number of hydrogen-bond acceptors (Lipinski definition) is 2. The van der Waals surface area contributed by atoms with E-state index in [0.717, 1.165) is 11.1 Å². The molecule has 20 heavy (non-hydrogen) atoms. The van der Waals surface area contributed by atoms with Gasteiger partial charge in [0.05, 0.1) is 0 Å². The Morgan fingerprint density at radius 1 is 1.25 bits per heavy atom. The van der Waals surface area contributed by atoms with E-state index in [9.17, 15) is 4.39 Å². The molecule has 4 heteroatoms. The average Bonchev–Trinajstić information content (AvgIpc) is 2.40. The van der Waals surface area contributed by atoms with Gasteiger partial charge in [-0.15, -0.1) is 0 Å². The highest BCUT2D eigenvalue weighted by molar-refractivity contribution is 6.30. The Hall–Kier alpha value is -1.58. The molecule has 2 aromatic rings. The van der Waals surface area contributed by atoms with E-state index in [0.29, 0.717) is 16.3 Å². The van der Waals surface area contributed by atoms with Gasteiger partial charge in [-0.1, -0.05) is 23.7 Å². The number of benzene rings is 2. The van der Waals surface area contributed by atoms with Gasteiger partial charge in [0.15, 0.2) is 0 Å². The van der Waals surface area contributed by atoms with Gasteiger partial charge in [0.1, 0.15) is 18.2 Å². The standard InChI is InChI=1S/C16H17ClFNO/c1-10-7-12(11(2)19)3-6-16(10)20-9-13-8-14(17)4-5-15(13)18/h3-8,11H,9,19H2,1-2H3/t11-/m0/s1. The van der Waals surface area contributed by atoms with Crippen LogP contribution in [-0.2, 0) is 6.61 Å². The van der Waals surface area contributed by atoms with E-state index in [4.69, 9.17) is 22.1 Å². The minimum Gasteiger partial charge on any atom is -0.489 e. The number of hydrogen-bond donors (Lipinski definition) is 1. The van der Waals surface area contributed by atoms with E-state index >= 15 is 0 Å². The molecule has 2 N–H and O–H groups in total. The van der Waals surface area contributed by atoms with Gasteiger partial charge >= 0.3 is 0 Å². The molecule has 0 spiro atoms. The van der Waals surface area contributed by atoms with Crippen molar-refractivity contribution in [1.82, 2.24) is 0 Å². The third-order valence-electron chi connectivity index (χ3n) is 3.12. The molecular weight excluding hydrogens is 277 g/mol. The molecule has 0 heterocycles. The molecule has 0 aromatic heterocycles. The lowest BCUT2D eigenvalue weighted by Gasteiger charge is -2.13. The van der Waals surface area contributed by atoms with Crippen molar-refractivity contribution in [2.24, 2.45) is 5.73 Å². The summed E-state index contributed by atoms with van der Waals surface area (Å²) >= 11 is 5.85. The second-order valence-electron chi connectivity index (χ2n) is 4.84. The summed E-state index contributed by atoms with van der Waals surface area (Å²) in [5.41, 5.74) is 8.29. The fraction of sp³-hybridized carbons (Fsp3) is 0.250. The number of nitrogens with two attached hydrogens (primary N) is 1. The molecule has 0 radical (unpaired) electrons. The summed E-state index contributed by atoms with van der Waals surface area (Å²) in [6.07, 6.45) is 0. The van der Waals surface area contributed by atoms with Crippen molar-refractivity contribution in [3.05, 3.63) is 63.9 Å². The highest BCUT2D eigenvalue weighted by Gasteiger charge is 2.07. The molecule has 0 bridgehead atoms. The van der Waals surface area contributed by atoms with Gasteiger partial charge in [0.2, 0.25) is 0 Å². The molecule has 0 aliphatic heterocycles. The summed E-state index contributed by atoms with van der Waals surface area (Å²) in [7, 11) is 0. The lowest BCUT2D eigenvalue weighted by molar-refractivity contribution is 0.297. The normalized spacial score (nSPS) is 12.2. The Morgan fingerprint density at radius 2 is 2.00 bits per heavy atom. The van der Waals surface area contributed by atoms with Crippen LogP contribution < -0.4 is 10.5 Å². The Bertz CT molecular complexity index is 613. The molecule has 0 fully saturated rings. The number of ether oxygens (including phenoxy) is 1. The highest BCUT2D eigenvalue weighted by Crippen LogP contribution is 2.24. The van der Waals surface area contributed by atoms with E-state index in [1.807, 2.05) is 32.0 Å². The van der Waals surface area contributed by atoms with E-state index in [-0.39, 0.29) is 18.5 Å². The van der Waals surface area contributed by atoms with Crippen molar-refractivity contribution in [2.75, 3.05) is 0 Å². The van der Waals surface area contributed by atoms with Gasteiger partial charge in [0, 0.05) is 16.6 Å². The van der Waals surface area contributed by atoms with Crippen LogP contribution in [0.4, 0.5) is 4.39 Å². The molecule has 2 nitrogen and oxygen atoms in total. The molecule has 0 saturated heterocycles. The number of halogens is 2. The fourth-order valence-corrected chi connectivity index (χ4v) is 2.12. The lowest BCUT2D eigenvalue weighted by atomic mass is 10.1. The zero-order valence-electron chi connectivity index (χ0n) is 11.5. The maximum absolute atomic E-state index is 13.6. The van der Waals surface area contributed by atoms with Crippen molar-refractivity contribution in [3.63, 3.8) is 0 Å². The molecule has 106 valence electrons. The summed E-state index contributed by atoms with van der Waals surface area (Å²) in [4.78, 5) is 0. The van der Waals surface area contributed by atoms with Crippen LogP contribution in [0.3, 0.4) is 0 Å². The van der Waals surface area contributed by atoms with Gasteiger partial charge in [-0.2, -0.15) is 0 Å². The SMILES string of the molecule is Cc1cc([C@H](C)N)ccc1OCc1cc(Cl)ccc1F. The molecule has 0 unspecified atom stereocenters.